The summed E-state index contributed by atoms with van der Waals surface area (Å²) in [4.78, 5) is 27.5. The lowest BCUT2D eigenvalue weighted by Gasteiger charge is -2.26. The minimum absolute atomic E-state index is 0.00252. The van der Waals surface area contributed by atoms with E-state index in [1.54, 1.807) is 11.2 Å². The molecule has 0 saturated carbocycles. The van der Waals surface area contributed by atoms with Crippen LogP contribution in [-0.2, 0) is 4.79 Å². The van der Waals surface area contributed by atoms with Crippen LogP contribution < -0.4 is 5.32 Å². The summed E-state index contributed by atoms with van der Waals surface area (Å²) in [6.45, 7) is 3.38. The van der Waals surface area contributed by atoms with Gasteiger partial charge >= 0.3 is 0 Å². The van der Waals surface area contributed by atoms with Crippen molar-refractivity contribution in [1.29, 1.82) is 0 Å². The van der Waals surface area contributed by atoms with Gasteiger partial charge in [-0.25, -0.2) is 0 Å². The molecule has 22 heavy (non-hydrogen) atoms. The lowest BCUT2D eigenvalue weighted by atomic mass is 10.2. The third-order valence-corrected chi connectivity index (χ3v) is 5.02. The summed E-state index contributed by atoms with van der Waals surface area (Å²) in [6.07, 6.45) is 4.04. The van der Waals surface area contributed by atoms with Crippen molar-refractivity contribution in [2.24, 2.45) is 0 Å². The molecule has 7 heteroatoms. The Balaban J connectivity index is 1.54. The molecule has 0 radical (unpaired) electrons. The summed E-state index contributed by atoms with van der Waals surface area (Å²) < 4.78 is 5.53. The Hall–Kier alpha value is -1.47. The Morgan fingerprint density at radius 2 is 2.18 bits per heavy atom. The topological polar surface area (TPSA) is 65.8 Å². The first-order chi connectivity index (χ1) is 10.7. The van der Waals surface area contributed by atoms with Gasteiger partial charge in [0.1, 0.15) is 12.3 Å². The lowest BCUT2D eigenvalue weighted by molar-refractivity contribution is -0.121. The number of hydrogen-bond donors (Lipinski definition) is 1. The van der Waals surface area contributed by atoms with Crippen molar-refractivity contribution in [3.05, 3.63) is 24.2 Å². The van der Waals surface area contributed by atoms with Crippen LogP contribution in [0.4, 0.5) is 4.79 Å². The maximum absolute atomic E-state index is 12.1. The molecular weight excluding hydrogens is 302 g/mol. The molecule has 0 spiro atoms. The van der Waals surface area contributed by atoms with Crippen molar-refractivity contribution in [2.75, 3.05) is 38.5 Å². The number of likely N-dealkylation sites (tertiary alicyclic amines) is 1. The van der Waals surface area contributed by atoms with E-state index in [-0.39, 0.29) is 23.7 Å². The number of nitrogens with one attached hydrogen (secondary N) is 1. The van der Waals surface area contributed by atoms with E-state index in [0.717, 1.165) is 24.6 Å². The maximum Gasteiger partial charge on any atom is 0.282 e. The third kappa shape index (κ3) is 3.64. The standard InChI is InChI=1S/C15H21N3O3S/c19-14(11-18-7-9-22-15(18)20)16-10-12(13-4-3-8-21-13)17-5-1-2-6-17/h3-4,8,12H,1-2,5-7,9-11H2,(H,16,19)/t12-/m0/s1. The lowest BCUT2D eigenvalue weighted by Crippen LogP contribution is -2.41. The van der Waals surface area contributed by atoms with Gasteiger partial charge in [0.05, 0.1) is 12.3 Å². The summed E-state index contributed by atoms with van der Waals surface area (Å²) in [5.74, 6) is 1.55. The number of amides is 2. The van der Waals surface area contributed by atoms with Crippen molar-refractivity contribution < 1.29 is 14.0 Å². The fraction of sp³-hybridized carbons (Fsp3) is 0.600. The molecule has 2 aliphatic rings. The van der Waals surface area contributed by atoms with Crippen molar-refractivity contribution in [3.8, 4) is 0 Å². The Bertz CT molecular complexity index is 514. The smallest absolute Gasteiger partial charge is 0.282 e. The zero-order valence-corrected chi connectivity index (χ0v) is 13.3. The Kier molecular flexibility index (Phi) is 5.04. The number of furan rings is 1. The molecule has 2 aliphatic heterocycles. The van der Waals surface area contributed by atoms with E-state index in [2.05, 4.69) is 10.2 Å². The molecule has 2 fully saturated rings. The van der Waals surface area contributed by atoms with E-state index in [0.29, 0.717) is 13.1 Å². The summed E-state index contributed by atoms with van der Waals surface area (Å²) in [7, 11) is 0. The molecule has 0 aromatic carbocycles. The molecule has 2 saturated heterocycles. The van der Waals surface area contributed by atoms with Crippen LogP contribution in [0.3, 0.4) is 0 Å². The van der Waals surface area contributed by atoms with E-state index in [9.17, 15) is 9.59 Å². The molecule has 3 heterocycles. The maximum atomic E-state index is 12.1. The van der Waals surface area contributed by atoms with Crippen LogP contribution in [0, 0.1) is 0 Å². The van der Waals surface area contributed by atoms with Gasteiger partial charge in [0, 0.05) is 18.8 Å². The van der Waals surface area contributed by atoms with Gasteiger partial charge in [-0.15, -0.1) is 0 Å². The minimum Gasteiger partial charge on any atom is -0.468 e. The highest BCUT2D eigenvalue weighted by molar-refractivity contribution is 8.13. The number of hydrogen-bond acceptors (Lipinski definition) is 5. The quantitative estimate of drug-likeness (QED) is 0.863. The molecule has 0 unspecified atom stereocenters. The number of carbonyl (C=O) groups is 2. The average Bonchev–Trinajstić information content (AvgIpc) is 3.23. The molecule has 0 aliphatic carbocycles. The van der Waals surface area contributed by atoms with Crippen LogP contribution in [0.2, 0.25) is 0 Å². The van der Waals surface area contributed by atoms with Gasteiger partial charge in [0.2, 0.25) is 5.91 Å². The summed E-state index contributed by atoms with van der Waals surface area (Å²) >= 11 is 1.27. The van der Waals surface area contributed by atoms with E-state index in [4.69, 9.17) is 4.42 Å². The highest BCUT2D eigenvalue weighted by Gasteiger charge is 2.27. The molecule has 120 valence electrons. The second kappa shape index (κ2) is 7.19. The summed E-state index contributed by atoms with van der Waals surface area (Å²) in [5, 5.41) is 2.95. The molecule has 0 bridgehead atoms. The first-order valence-electron chi connectivity index (χ1n) is 7.70. The van der Waals surface area contributed by atoms with Crippen molar-refractivity contribution in [1.82, 2.24) is 15.1 Å². The molecule has 1 aromatic heterocycles. The zero-order chi connectivity index (χ0) is 15.4. The molecule has 2 amide bonds. The fourth-order valence-corrected chi connectivity index (χ4v) is 3.78. The first kappa shape index (κ1) is 15.4. The normalized spacial score (nSPS) is 20.5. The van der Waals surface area contributed by atoms with Crippen molar-refractivity contribution in [2.45, 2.75) is 18.9 Å². The second-order valence-electron chi connectivity index (χ2n) is 5.61. The van der Waals surface area contributed by atoms with Gasteiger partial charge in [0.25, 0.3) is 5.24 Å². The highest BCUT2D eigenvalue weighted by atomic mass is 32.2. The molecule has 3 rings (SSSR count). The third-order valence-electron chi connectivity index (χ3n) is 4.13. The van der Waals surface area contributed by atoms with Gasteiger partial charge in [-0.1, -0.05) is 11.8 Å². The number of carbonyl (C=O) groups excluding carboxylic acids is 2. The Labute approximate surface area is 134 Å². The van der Waals surface area contributed by atoms with Gasteiger partial charge < -0.3 is 14.6 Å². The number of rotatable bonds is 6. The van der Waals surface area contributed by atoms with E-state index >= 15 is 0 Å². The number of thioether (sulfide) groups is 1. The molecule has 1 atom stereocenters. The predicted octanol–water partition coefficient (Wildman–Crippen LogP) is 1.70. The minimum atomic E-state index is -0.105. The fourth-order valence-electron chi connectivity index (χ4n) is 2.95. The van der Waals surface area contributed by atoms with Gasteiger partial charge in [-0.05, 0) is 38.1 Å². The van der Waals surface area contributed by atoms with Crippen LogP contribution in [0.25, 0.3) is 0 Å². The zero-order valence-electron chi connectivity index (χ0n) is 12.5. The largest absolute Gasteiger partial charge is 0.468 e. The Morgan fingerprint density at radius 3 is 2.82 bits per heavy atom. The van der Waals surface area contributed by atoms with Crippen LogP contribution >= 0.6 is 11.8 Å². The van der Waals surface area contributed by atoms with Gasteiger partial charge in [0.15, 0.2) is 0 Å². The SMILES string of the molecule is O=C(CN1CCSC1=O)NC[C@@H](c1ccco1)N1CCCC1. The monoisotopic (exact) mass is 323 g/mol. The average molecular weight is 323 g/mol. The van der Waals surface area contributed by atoms with Crippen LogP contribution in [0.1, 0.15) is 24.6 Å². The van der Waals surface area contributed by atoms with E-state index in [1.165, 1.54) is 24.6 Å². The Morgan fingerprint density at radius 1 is 1.36 bits per heavy atom. The van der Waals surface area contributed by atoms with Crippen molar-refractivity contribution >= 4 is 22.9 Å². The van der Waals surface area contributed by atoms with Crippen molar-refractivity contribution in [3.63, 3.8) is 0 Å². The summed E-state index contributed by atoms with van der Waals surface area (Å²) in [6, 6.07) is 3.90. The van der Waals surface area contributed by atoms with E-state index in [1.807, 2.05) is 12.1 Å². The molecule has 6 nitrogen and oxygen atoms in total. The number of nitrogens with zero attached hydrogens (tertiary/aromatic N) is 2. The van der Waals surface area contributed by atoms with Crippen LogP contribution in [-0.4, -0.2) is 59.4 Å². The molecular formula is C15H21N3O3S. The predicted molar refractivity (Wildman–Crippen MR) is 84.7 cm³/mol. The second-order valence-corrected chi connectivity index (χ2v) is 6.66. The molecule has 1 aromatic rings. The first-order valence-corrected chi connectivity index (χ1v) is 8.68. The van der Waals surface area contributed by atoms with Gasteiger partial charge in [-0.3, -0.25) is 14.5 Å². The van der Waals surface area contributed by atoms with E-state index < -0.39 is 0 Å². The van der Waals surface area contributed by atoms with Crippen LogP contribution in [0.15, 0.2) is 22.8 Å². The molecule has 1 N–H and O–H groups in total. The van der Waals surface area contributed by atoms with Crippen LogP contribution in [0.5, 0.6) is 0 Å². The van der Waals surface area contributed by atoms with Gasteiger partial charge in [-0.2, -0.15) is 0 Å². The highest BCUT2D eigenvalue weighted by Crippen LogP contribution is 2.25. The summed E-state index contributed by atoms with van der Waals surface area (Å²) in [5.41, 5.74) is 0.